The van der Waals surface area contributed by atoms with E-state index in [4.69, 9.17) is 0 Å². The van der Waals surface area contributed by atoms with Gasteiger partial charge in [-0.25, -0.2) is 0 Å². The molecule has 0 saturated carbocycles. The minimum Gasteiger partial charge on any atom is -0.480 e. The average Bonchev–Trinajstić information content (AvgIpc) is 2.90. The first-order valence-electron chi connectivity index (χ1n) is 8.60. The lowest BCUT2D eigenvalue weighted by Gasteiger charge is -2.35. The molecule has 1 rings (SSSR count). The molecule has 3 unspecified atom stereocenters. The van der Waals surface area contributed by atoms with Crippen LogP contribution in [0, 0.1) is 5.92 Å². The molecule has 3 heteroatoms. The summed E-state index contributed by atoms with van der Waals surface area (Å²) in [4.78, 5) is 13.7. The molecule has 0 spiro atoms. The molecule has 0 aliphatic carbocycles. The highest BCUT2D eigenvalue weighted by Crippen LogP contribution is 2.29. The summed E-state index contributed by atoms with van der Waals surface area (Å²) in [6.45, 7) is 7.76. The lowest BCUT2D eigenvalue weighted by molar-refractivity contribution is -0.143. The number of likely N-dealkylation sites (tertiary alicyclic amines) is 1. The van der Waals surface area contributed by atoms with E-state index < -0.39 is 5.97 Å². The molecule has 1 N–H and O–H groups in total. The molecule has 1 aliphatic heterocycles. The number of hydrogen-bond acceptors (Lipinski definition) is 2. The van der Waals surface area contributed by atoms with Gasteiger partial charge in [-0.3, -0.25) is 9.69 Å². The van der Waals surface area contributed by atoms with Crippen LogP contribution in [-0.4, -0.2) is 34.6 Å². The molecule has 118 valence electrons. The largest absolute Gasteiger partial charge is 0.480 e. The second kappa shape index (κ2) is 9.38. The summed E-state index contributed by atoms with van der Waals surface area (Å²) in [5, 5.41) is 9.42. The van der Waals surface area contributed by atoms with Gasteiger partial charge in [-0.2, -0.15) is 0 Å². The number of rotatable bonds is 10. The summed E-state index contributed by atoms with van der Waals surface area (Å²) in [5.41, 5.74) is 0. The first kappa shape index (κ1) is 17.5. The Morgan fingerprint density at radius 2 is 1.90 bits per heavy atom. The van der Waals surface area contributed by atoms with Gasteiger partial charge in [0.1, 0.15) is 6.04 Å². The monoisotopic (exact) mass is 283 g/mol. The predicted octanol–water partition coefficient (Wildman–Crippen LogP) is 4.31. The number of nitrogens with zero attached hydrogens (tertiary/aromatic N) is 1. The number of unbranched alkanes of at least 4 members (excludes halogenated alkanes) is 3. The van der Waals surface area contributed by atoms with E-state index in [2.05, 4.69) is 25.7 Å². The van der Waals surface area contributed by atoms with Crippen LogP contribution in [0.1, 0.15) is 78.6 Å². The van der Waals surface area contributed by atoms with Crippen molar-refractivity contribution in [2.75, 3.05) is 6.54 Å². The minimum atomic E-state index is -0.620. The molecule has 0 aromatic rings. The van der Waals surface area contributed by atoms with Crippen LogP contribution in [0.25, 0.3) is 0 Å². The zero-order valence-corrected chi connectivity index (χ0v) is 13.6. The van der Waals surface area contributed by atoms with Crippen LogP contribution in [0.5, 0.6) is 0 Å². The first-order valence-corrected chi connectivity index (χ1v) is 8.60. The summed E-state index contributed by atoms with van der Waals surface area (Å²) in [5.74, 6) is -0.00237. The zero-order chi connectivity index (χ0) is 15.0. The molecule has 1 fully saturated rings. The van der Waals surface area contributed by atoms with Crippen molar-refractivity contribution in [2.45, 2.75) is 90.6 Å². The predicted molar refractivity (Wildman–Crippen MR) is 84.0 cm³/mol. The molecule has 1 aliphatic rings. The average molecular weight is 283 g/mol. The van der Waals surface area contributed by atoms with Crippen molar-refractivity contribution < 1.29 is 9.90 Å². The minimum absolute atomic E-state index is 0.231. The van der Waals surface area contributed by atoms with E-state index in [0.29, 0.717) is 12.0 Å². The van der Waals surface area contributed by atoms with Gasteiger partial charge in [-0.05, 0) is 38.1 Å². The lowest BCUT2D eigenvalue weighted by Crippen LogP contribution is -2.46. The lowest BCUT2D eigenvalue weighted by atomic mass is 9.90. The molecule has 0 aromatic heterocycles. The summed E-state index contributed by atoms with van der Waals surface area (Å²) in [6, 6.07) is 0.238. The third-order valence-electron chi connectivity index (χ3n) is 4.78. The van der Waals surface area contributed by atoms with Crippen molar-refractivity contribution in [1.82, 2.24) is 4.90 Å². The second-order valence-electron chi connectivity index (χ2n) is 6.42. The molecule has 0 bridgehead atoms. The normalized spacial score (nSPS) is 22.9. The van der Waals surface area contributed by atoms with E-state index >= 15 is 0 Å². The fourth-order valence-electron chi connectivity index (χ4n) is 3.55. The van der Waals surface area contributed by atoms with Crippen LogP contribution in [0.4, 0.5) is 0 Å². The Morgan fingerprint density at radius 1 is 1.20 bits per heavy atom. The highest BCUT2D eigenvalue weighted by Gasteiger charge is 2.36. The van der Waals surface area contributed by atoms with Gasteiger partial charge in [0.25, 0.3) is 0 Å². The van der Waals surface area contributed by atoms with Crippen molar-refractivity contribution in [3.05, 3.63) is 0 Å². The summed E-state index contributed by atoms with van der Waals surface area (Å²) in [6.07, 6.45) is 10.5. The van der Waals surface area contributed by atoms with Gasteiger partial charge in [-0.15, -0.1) is 0 Å². The maximum absolute atomic E-state index is 11.4. The number of hydrogen-bond donors (Lipinski definition) is 1. The highest BCUT2D eigenvalue weighted by molar-refractivity contribution is 5.73. The van der Waals surface area contributed by atoms with Crippen LogP contribution >= 0.6 is 0 Å². The van der Waals surface area contributed by atoms with Gasteiger partial charge in [0, 0.05) is 6.04 Å². The Hall–Kier alpha value is -0.570. The third-order valence-corrected chi connectivity index (χ3v) is 4.78. The maximum atomic E-state index is 11.4. The van der Waals surface area contributed by atoms with Crippen LogP contribution in [0.2, 0.25) is 0 Å². The molecule has 1 saturated heterocycles. The first-order chi connectivity index (χ1) is 9.61. The summed E-state index contributed by atoms with van der Waals surface area (Å²) < 4.78 is 0. The highest BCUT2D eigenvalue weighted by atomic mass is 16.4. The molecule has 0 amide bonds. The van der Waals surface area contributed by atoms with E-state index in [1.165, 1.54) is 44.9 Å². The molecule has 20 heavy (non-hydrogen) atoms. The Kier molecular flexibility index (Phi) is 8.20. The van der Waals surface area contributed by atoms with Crippen molar-refractivity contribution >= 4 is 5.97 Å². The van der Waals surface area contributed by atoms with Gasteiger partial charge < -0.3 is 5.11 Å². The second-order valence-corrected chi connectivity index (χ2v) is 6.42. The quantitative estimate of drug-likeness (QED) is 0.607. The van der Waals surface area contributed by atoms with Crippen LogP contribution in [0.15, 0.2) is 0 Å². The van der Waals surface area contributed by atoms with Crippen LogP contribution < -0.4 is 0 Å². The van der Waals surface area contributed by atoms with E-state index in [0.717, 1.165) is 19.4 Å². The smallest absolute Gasteiger partial charge is 0.320 e. The Labute approximate surface area is 124 Å². The molecule has 0 aromatic carbocycles. The number of carboxylic acids is 1. The van der Waals surface area contributed by atoms with Crippen molar-refractivity contribution in [2.24, 2.45) is 5.92 Å². The topological polar surface area (TPSA) is 40.5 Å². The number of carboxylic acid groups (broad SMARTS) is 1. The molecule has 0 radical (unpaired) electrons. The SMILES string of the molecule is CCCCCC(C(C)CCCC)N1CCCC1C(=O)O. The fourth-order valence-corrected chi connectivity index (χ4v) is 3.55. The number of carbonyl (C=O) groups is 1. The zero-order valence-electron chi connectivity index (χ0n) is 13.6. The molecular formula is C17H33NO2. The molecule has 3 atom stereocenters. The van der Waals surface area contributed by atoms with Crippen molar-refractivity contribution in [1.29, 1.82) is 0 Å². The molecule has 3 nitrogen and oxygen atoms in total. The molecular weight excluding hydrogens is 250 g/mol. The third kappa shape index (κ3) is 5.08. The van der Waals surface area contributed by atoms with E-state index in [-0.39, 0.29) is 6.04 Å². The Bertz CT molecular complexity index is 280. The van der Waals surface area contributed by atoms with Gasteiger partial charge in [0.2, 0.25) is 0 Å². The van der Waals surface area contributed by atoms with Crippen molar-refractivity contribution in [3.63, 3.8) is 0 Å². The van der Waals surface area contributed by atoms with Gasteiger partial charge in [0.15, 0.2) is 0 Å². The molecule has 1 heterocycles. The van der Waals surface area contributed by atoms with Gasteiger partial charge >= 0.3 is 5.97 Å². The summed E-state index contributed by atoms with van der Waals surface area (Å²) >= 11 is 0. The van der Waals surface area contributed by atoms with Crippen LogP contribution in [-0.2, 0) is 4.79 Å². The number of aliphatic carboxylic acids is 1. The van der Waals surface area contributed by atoms with E-state index in [1.54, 1.807) is 0 Å². The van der Waals surface area contributed by atoms with E-state index in [9.17, 15) is 9.90 Å². The maximum Gasteiger partial charge on any atom is 0.320 e. The van der Waals surface area contributed by atoms with Crippen molar-refractivity contribution in [3.8, 4) is 0 Å². The fraction of sp³-hybridized carbons (Fsp3) is 0.941. The van der Waals surface area contributed by atoms with Gasteiger partial charge in [-0.1, -0.05) is 52.9 Å². The Morgan fingerprint density at radius 3 is 2.50 bits per heavy atom. The Balaban J connectivity index is 2.66. The van der Waals surface area contributed by atoms with Gasteiger partial charge in [0.05, 0.1) is 0 Å². The van der Waals surface area contributed by atoms with E-state index in [1.807, 2.05) is 0 Å². The standard InChI is InChI=1S/C17H33NO2/c1-4-6-8-11-15(14(3)10-7-5-2)18-13-9-12-16(18)17(19)20/h14-16H,4-13H2,1-3H3,(H,19,20). The summed E-state index contributed by atoms with van der Waals surface area (Å²) in [7, 11) is 0. The van der Waals surface area contributed by atoms with Crippen LogP contribution in [0.3, 0.4) is 0 Å².